The maximum atomic E-state index is 8.47. The quantitative estimate of drug-likeness (QED) is 0.738. The van der Waals surface area contributed by atoms with E-state index < -0.39 is 0 Å². The molecule has 0 bridgehead atoms. The molecule has 0 unspecified atom stereocenters. The van der Waals surface area contributed by atoms with E-state index >= 15 is 0 Å². The summed E-state index contributed by atoms with van der Waals surface area (Å²) >= 11 is 0. The average Bonchev–Trinajstić information content (AvgIpc) is 2.30. The van der Waals surface area contributed by atoms with Crippen molar-refractivity contribution in [1.82, 2.24) is 9.97 Å². The molecule has 0 aliphatic rings. The van der Waals surface area contributed by atoms with Crippen molar-refractivity contribution in [2.24, 2.45) is 0 Å². The van der Waals surface area contributed by atoms with Crippen LogP contribution in [0.4, 0.5) is 0 Å². The molecule has 0 spiro atoms. The molecule has 0 aromatic carbocycles. The van der Waals surface area contributed by atoms with E-state index in [1.807, 2.05) is 19.9 Å². The molecular weight excluding hydrogens is 174 g/mol. The summed E-state index contributed by atoms with van der Waals surface area (Å²) in [6, 6.07) is 1.99. The first-order chi connectivity index (χ1) is 6.86. The number of hydrogen-bond acceptors (Lipinski definition) is 3. The van der Waals surface area contributed by atoms with Gasteiger partial charge in [-0.05, 0) is 6.42 Å². The fraction of sp³-hybridized carbons (Fsp3) is 0.545. The second-order valence-electron chi connectivity index (χ2n) is 2.60. The number of aromatic nitrogens is 2. The molecule has 0 aliphatic carbocycles. The molecule has 0 radical (unpaired) electrons. The van der Waals surface area contributed by atoms with Crippen LogP contribution in [0.25, 0.3) is 0 Å². The van der Waals surface area contributed by atoms with Gasteiger partial charge in [0.2, 0.25) is 0 Å². The maximum Gasteiger partial charge on any atom is 0.128 e. The number of nitriles is 1. The minimum atomic E-state index is 0.523. The molecule has 1 heterocycles. The van der Waals surface area contributed by atoms with Gasteiger partial charge in [-0.25, -0.2) is 9.97 Å². The highest BCUT2D eigenvalue weighted by molar-refractivity contribution is 5.21. The minimum Gasteiger partial charge on any atom is -0.240 e. The van der Waals surface area contributed by atoms with Crippen molar-refractivity contribution in [3.8, 4) is 6.07 Å². The summed E-state index contributed by atoms with van der Waals surface area (Å²) in [7, 11) is 0. The summed E-state index contributed by atoms with van der Waals surface area (Å²) in [5.41, 5.74) is 0.523. The second kappa shape index (κ2) is 8.18. The van der Waals surface area contributed by atoms with E-state index in [-0.39, 0.29) is 0 Å². The van der Waals surface area contributed by atoms with E-state index in [1.54, 1.807) is 12.4 Å². The summed E-state index contributed by atoms with van der Waals surface area (Å²) in [6.07, 6.45) is 6.29. The molecule has 0 saturated heterocycles. The van der Waals surface area contributed by atoms with Gasteiger partial charge in [0.1, 0.15) is 11.9 Å². The van der Waals surface area contributed by atoms with Crippen LogP contribution in [0.5, 0.6) is 0 Å². The van der Waals surface area contributed by atoms with Crippen LogP contribution >= 0.6 is 0 Å². The van der Waals surface area contributed by atoms with Gasteiger partial charge in [0.15, 0.2) is 0 Å². The maximum absolute atomic E-state index is 8.47. The Morgan fingerprint density at radius 1 is 1.29 bits per heavy atom. The van der Waals surface area contributed by atoms with Gasteiger partial charge in [-0.3, -0.25) is 0 Å². The Morgan fingerprint density at radius 2 is 1.86 bits per heavy atom. The average molecular weight is 191 g/mol. The highest BCUT2D eigenvalue weighted by Crippen LogP contribution is 1.98. The van der Waals surface area contributed by atoms with E-state index in [9.17, 15) is 0 Å². The Hall–Kier alpha value is -1.43. The van der Waals surface area contributed by atoms with Gasteiger partial charge in [-0.1, -0.05) is 27.2 Å². The van der Waals surface area contributed by atoms with Gasteiger partial charge in [0, 0.05) is 18.8 Å². The number of rotatable bonds is 3. The summed E-state index contributed by atoms with van der Waals surface area (Å²) in [6.45, 7) is 6.13. The van der Waals surface area contributed by atoms with Gasteiger partial charge < -0.3 is 0 Å². The molecule has 3 nitrogen and oxygen atoms in total. The molecular formula is C11H17N3. The second-order valence-corrected chi connectivity index (χ2v) is 2.60. The van der Waals surface area contributed by atoms with Crippen LogP contribution in [0.3, 0.4) is 0 Å². The zero-order valence-electron chi connectivity index (χ0n) is 9.12. The lowest BCUT2D eigenvalue weighted by Gasteiger charge is -1.96. The summed E-state index contributed by atoms with van der Waals surface area (Å²) < 4.78 is 0. The van der Waals surface area contributed by atoms with Crippen molar-refractivity contribution in [1.29, 1.82) is 5.26 Å². The fourth-order valence-corrected chi connectivity index (χ4v) is 0.876. The molecule has 0 amide bonds. The van der Waals surface area contributed by atoms with Gasteiger partial charge in [0.25, 0.3) is 0 Å². The summed E-state index contributed by atoms with van der Waals surface area (Å²) in [5.74, 6) is 0.829. The molecule has 14 heavy (non-hydrogen) atoms. The van der Waals surface area contributed by atoms with Crippen LogP contribution in [-0.4, -0.2) is 9.97 Å². The van der Waals surface area contributed by atoms with Crippen LogP contribution < -0.4 is 0 Å². The number of hydrogen-bond donors (Lipinski definition) is 0. The van der Waals surface area contributed by atoms with Crippen molar-refractivity contribution in [2.75, 3.05) is 0 Å². The molecule has 1 aromatic heterocycles. The van der Waals surface area contributed by atoms with E-state index in [0.717, 1.165) is 25.1 Å². The SMILES string of the molecule is CC.CCCCc1ncc(C#N)cn1. The van der Waals surface area contributed by atoms with Crippen LogP contribution in [0, 0.1) is 11.3 Å². The van der Waals surface area contributed by atoms with Crippen molar-refractivity contribution >= 4 is 0 Å². The predicted octanol–water partition coefficient (Wildman–Crippen LogP) is 2.72. The minimum absolute atomic E-state index is 0.523. The lowest BCUT2D eigenvalue weighted by atomic mass is 10.2. The van der Waals surface area contributed by atoms with E-state index in [2.05, 4.69) is 16.9 Å². The lowest BCUT2D eigenvalue weighted by molar-refractivity contribution is 0.751. The third kappa shape index (κ3) is 4.56. The van der Waals surface area contributed by atoms with Crippen molar-refractivity contribution in [2.45, 2.75) is 40.0 Å². The van der Waals surface area contributed by atoms with Crippen LogP contribution in [-0.2, 0) is 6.42 Å². The first-order valence-electron chi connectivity index (χ1n) is 5.08. The predicted molar refractivity (Wildman–Crippen MR) is 56.7 cm³/mol. The smallest absolute Gasteiger partial charge is 0.128 e. The standard InChI is InChI=1S/C9H11N3.C2H6/c1-2-3-4-9-11-6-8(5-10)7-12-9;1-2/h6-7H,2-4H2,1H3;1-2H3. The zero-order valence-corrected chi connectivity index (χ0v) is 9.12. The lowest BCUT2D eigenvalue weighted by Crippen LogP contribution is -1.94. The third-order valence-corrected chi connectivity index (χ3v) is 1.59. The summed E-state index contributed by atoms with van der Waals surface area (Å²) in [5, 5.41) is 8.47. The number of unbranched alkanes of at least 4 members (excludes halogenated alkanes) is 1. The molecule has 0 saturated carbocycles. The third-order valence-electron chi connectivity index (χ3n) is 1.59. The number of nitrogens with zero attached hydrogens (tertiary/aromatic N) is 3. The topological polar surface area (TPSA) is 49.6 Å². The molecule has 1 rings (SSSR count). The molecule has 0 atom stereocenters. The van der Waals surface area contributed by atoms with Crippen molar-refractivity contribution < 1.29 is 0 Å². The first-order valence-corrected chi connectivity index (χ1v) is 5.08. The molecule has 0 fully saturated rings. The Morgan fingerprint density at radius 3 is 2.29 bits per heavy atom. The first kappa shape index (κ1) is 12.6. The number of aryl methyl sites for hydroxylation is 1. The van der Waals surface area contributed by atoms with Gasteiger partial charge in [-0.2, -0.15) is 5.26 Å². The molecule has 0 aliphatic heterocycles. The molecule has 76 valence electrons. The van der Waals surface area contributed by atoms with E-state index in [1.165, 1.54) is 0 Å². The Labute approximate surface area is 85.8 Å². The fourth-order valence-electron chi connectivity index (χ4n) is 0.876. The van der Waals surface area contributed by atoms with Crippen molar-refractivity contribution in [3.05, 3.63) is 23.8 Å². The highest BCUT2D eigenvalue weighted by atomic mass is 14.9. The Bertz CT molecular complexity index is 272. The zero-order chi connectivity index (χ0) is 10.8. The van der Waals surface area contributed by atoms with Crippen LogP contribution in [0.15, 0.2) is 12.4 Å². The summed E-state index contributed by atoms with van der Waals surface area (Å²) in [4.78, 5) is 8.11. The van der Waals surface area contributed by atoms with E-state index in [0.29, 0.717) is 5.56 Å². The normalized spacial score (nSPS) is 8.43. The van der Waals surface area contributed by atoms with Crippen LogP contribution in [0.1, 0.15) is 45.0 Å². The highest BCUT2D eigenvalue weighted by Gasteiger charge is 1.95. The molecule has 3 heteroatoms. The van der Waals surface area contributed by atoms with Crippen LogP contribution in [0.2, 0.25) is 0 Å². The Kier molecular flexibility index (Phi) is 7.35. The van der Waals surface area contributed by atoms with Crippen molar-refractivity contribution in [3.63, 3.8) is 0 Å². The molecule has 0 N–H and O–H groups in total. The largest absolute Gasteiger partial charge is 0.240 e. The van der Waals surface area contributed by atoms with Gasteiger partial charge >= 0.3 is 0 Å². The molecule has 1 aromatic rings. The monoisotopic (exact) mass is 191 g/mol. The Balaban J connectivity index is 0.000000791. The van der Waals surface area contributed by atoms with Gasteiger partial charge in [-0.15, -0.1) is 0 Å². The van der Waals surface area contributed by atoms with Gasteiger partial charge in [0.05, 0.1) is 5.56 Å². The van der Waals surface area contributed by atoms with E-state index in [4.69, 9.17) is 5.26 Å².